The van der Waals surface area contributed by atoms with Crippen molar-refractivity contribution >= 4 is 10.8 Å². The fourth-order valence-electron chi connectivity index (χ4n) is 2.19. The molecular formula is C17H23NO. The van der Waals surface area contributed by atoms with Gasteiger partial charge in [-0.3, -0.25) is 0 Å². The molecule has 19 heavy (non-hydrogen) atoms. The van der Waals surface area contributed by atoms with Crippen LogP contribution in [0.1, 0.15) is 39.3 Å². The number of hydrogen-bond acceptors (Lipinski definition) is 2. The maximum atomic E-state index is 10.4. The molecule has 0 radical (unpaired) electrons. The van der Waals surface area contributed by atoms with E-state index >= 15 is 0 Å². The van der Waals surface area contributed by atoms with Crippen molar-refractivity contribution < 1.29 is 5.11 Å². The minimum atomic E-state index is 0.142. The summed E-state index contributed by atoms with van der Waals surface area (Å²) in [7, 11) is 0. The SMILES string of the molecule is CC(NCC(C)(C)C)c1ccc2ccccc2c1O. The van der Waals surface area contributed by atoms with Gasteiger partial charge in [-0.2, -0.15) is 0 Å². The van der Waals surface area contributed by atoms with Crippen LogP contribution in [0.3, 0.4) is 0 Å². The Hall–Kier alpha value is -1.54. The lowest BCUT2D eigenvalue weighted by molar-refractivity contribution is 0.355. The smallest absolute Gasteiger partial charge is 0.128 e. The predicted octanol–water partition coefficient (Wildman–Crippen LogP) is 4.24. The average molecular weight is 257 g/mol. The van der Waals surface area contributed by atoms with Gasteiger partial charge in [0, 0.05) is 23.5 Å². The van der Waals surface area contributed by atoms with Crippen molar-refractivity contribution in [2.45, 2.75) is 33.7 Å². The normalized spacial score (nSPS) is 13.7. The summed E-state index contributed by atoms with van der Waals surface area (Å²) in [5, 5.41) is 15.9. The summed E-state index contributed by atoms with van der Waals surface area (Å²) in [6.07, 6.45) is 0. The quantitative estimate of drug-likeness (QED) is 0.862. The Morgan fingerprint density at radius 1 is 1.11 bits per heavy atom. The van der Waals surface area contributed by atoms with Crippen LogP contribution < -0.4 is 5.32 Å². The molecule has 2 nitrogen and oxygen atoms in total. The van der Waals surface area contributed by atoms with Crippen molar-refractivity contribution in [3.8, 4) is 5.75 Å². The van der Waals surface area contributed by atoms with Gasteiger partial charge in [0.25, 0.3) is 0 Å². The third-order valence-corrected chi connectivity index (χ3v) is 3.34. The molecule has 0 heterocycles. The van der Waals surface area contributed by atoms with Crippen LogP contribution in [-0.4, -0.2) is 11.7 Å². The minimum absolute atomic E-state index is 0.142. The van der Waals surface area contributed by atoms with Crippen molar-refractivity contribution in [2.75, 3.05) is 6.54 Å². The van der Waals surface area contributed by atoms with Crippen molar-refractivity contribution in [2.24, 2.45) is 5.41 Å². The molecule has 1 unspecified atom stereocenters. The highest BCUT2D eigenvalue weighted by Gasteiger charge is 2.16. The molecule has 2 aromatic rings. The molecule has 0 bridgehead atoms. The van der Waals surface area contributed by atoms with E-state index in [-0.39, 0.29) is 11.5 Å². The Balaban J connectivity index is 2.27. The lowest BCUT2D eigenvalue weighted by Gasteiger charge is -2.23. The second-order valence-corrected chi connectivity index (χ2v) is 6.39. The number of hydrogen-bond donors (Lipinski definition) is 2. The average Bonchev–Trinajstić information content (AvgIpc) is 2.36. The van der Waals surface area contributed by atoms with Gasteiger partial charge in [0.1, 0.15) is 5.75 Å². The summed E-state index contributed by atoms with van der Waals surface area (Å²) in [4.78, 5) is 0. The highest BCUT2D eigenvalue weighted by Crippen LogP contribution is 2.32. The number of phenols is 1. The first-order chi connectivity index (χ1) is 8.88. The van der Waals surface area contributed by atoms with Crippen molar-refractivity contribution in [1.29, 1.82) is 0 Å². The van der Waals surface area contributed by atoms with Crippen LogP contribution in [0.15, 0.2) is 36.4 Å². The molecule has 0 aromatic heterocycles. The Morgan fingerprint density at radius 3 is 2.47 bits per heavy atom. The number of benzene rings is 2. The molecule has 0 saturated carbocycles. The molecule has 0 aliphatic carbocycles. The summed E-state index contributed by atoms with van der Waals surface area (Å²) < 4.78 is 0. The molecular weight excluding hydrogens is 234 g/mol. The van der Waals surface area contributed by atoms with Gasteiger partial charge in [-0.1, -0.05) is 57.2 Å². The first-order valence-electron chi connectivity index (χ1n) is 6.82. The second kappa shape index (κ2) is 5.22. The van der Waals surface area contributed by atoms with E-state index in [1.807, 2.05) is 30.3 Å². The number of phenolic OH excluding ortho intramolecular Hbond substituents is 1. The molecule has 2 N–H and O–H groups in total. The minimum Gasteiger partial charge on any atom is -0.507 e. The van der Waals surface area contributed by atoms with Gasteiger partial charge < -0.3 is 10.4 Å². The zero-order valence-corrected chi connectivity index (χ0v) is 12.2. The van der Waals surface area contributed by atoms with Gasteiger partial charge in [0.05, 0.1) is 0 Å². The van der Waals surface area contributed by atoms with Gasteiger partial charge in [0.2, 0.25) is 0 Å². The predicted molar refractivity (Wildman–Crippen MR) is 81.5 cm³/mol. The Labute approximate surface area is 115 Å². The fourth-order valence-corrected chi connectivity index (χ4v) is 2.19. The van der Waals surface area contributed by atoms with Crippen LogP contribution in [-0.2, 0) is 0 Å². The summed E-state index contributed by atoms with van der Waals surface area (Å²) in [5.74, 6) is 0.395. The van der Waals surface area contributed by atoms with Crippen LogP contribution in [0.4, 0.5) is 0 Å². The molecule has 0 saturated heterocycles. The monoisotopic (exact) mass is 257 g/mol. The van der Waals surface area contributed by atoms with E-state index in [1.54, 1.807) is 0 Å². The lowest BCUT2D eigenvalue weighted by Crippen LogP contribution is -2.29. The third-order valence-electron chi connectivity index (χ3n) is 3.34. The first-order valence-corrected chi connectivity index (χ1v) is 6.82. The van der Waals surface area contributed by atoms with Crippen LogP contribution in [0.2, 0.25) is 0 Å². The molecule has 2 aromatic carbocycles. The summed E-state index contributed by atoms with van der Waals surface area (Å²) >= 11 is 0. The van der Waals surface area contributed by atoms with E-state index in [4.69, 9.17) is 0 Å². The Kier molecular flexibility index (Phi) is 3.81. The molecule has 0 amide bonds. The Bertz CT molecular complexity index is 569. The van der Waals surface area contributed by atoms with Crippen LogP contribution in [0, 0.1) is 5.41 Å². The number of fused-ring (bicyclic) bond motifs is 1. The van der Waals surface area contributed by atoms with E-state index in [1.165, 1.54) is 0 Å². The molecule has 0 fully saturated rings. The number of nitrogens with one attached hydrogen (secondary N) is 1. The van der Waals surface area contributed by atoms with E-state index in [2.05, 4.69) is 39.1 Å². The van der Waals surface area contributed by atoms with Gasteiger partial charge >= 0.3 is 0 Å². The molecule has 102 valence electrons. The number of rotatable bonds is 3. The zero-order chi connectivity index (χ0) is 14.0. The zero-order valence-electron chi connectivity index (χ0n) is 12.2. The number of aromatic hydroxyl groups is 1. The first kappa shape index (κ1) is 13.9. The van der Waals surface area contributed by atoms with Crippen LogP contribution in [0.5, 0.6) is 5.75 Å². The maximum Gasteiger partial charge on any atom is 0.128 e. The summed E-state index contributed by atoms with van der Waals surface area (Å²) in [6.45, 7) is 9.61. The van der Waals surface area contributed by atoms with Gasteiger partial charge in [-0.05, 0) is 17.7 Å². The van der Waals surface area contributed by atoms with E-state index in [9.17, 15) is 5.11 Å². The van der Waals surface area contributed by atoms with Crippen molar-refractivity contribution in [1.82, 2.24) is 5.32 Å². The van der Waals surface area contributed by atoms with Crippen molar-refractivity contribution in [3.05, 3.63) is 42.0 Å². The van der Waals surface area contributed by atoms with Crippen LogP contribution >= 0.6 is 0 Å². The Morgan fingerprint density at radius 2 is 1.79 bits per heavy atom. The maximum absolute atomic E-state index is 10.4. The topological polar surface area (TPSA) is 32.3 Å². The summed E-state index contributed by atoms with van der Waals surface area (Å²) in [6, 6.07) is 12.2. The van der Waals surface area contributed by atoms with Gasteiger partial charge in [-0.15, -0.1) is 0 Å². The van der Waals surface area contributed by atoms with Gasteiger partial charge in [0.15, 0.2) is 0 Å². The highest BCUT2D eigenvalue weighted by atomic mass is 16.3. The van der Waals surface area contributed by atoms with Crippen molar-refractivity contribution in [3.63, 3.8) is 0 Å². The lowest BCUT2D eigenvalue weighted by atomic mass is 9.95. The molecule has 0 spiro atoms. The van der Waals surface area contributed by atoms with E-state index < -0.39 is 0 Å². The second-order valence-electron chi connectivity index (χ2n) is 6.39. The molecule has 0 aliphatic rings. The molecule has 2 rings (SSSR count). The standard InChI is InChI=1S/C17H23NO/c1-12(18-11-17(2,3)4)14-10-9-13-7-5-6-8-15(13)16(14)19/h5-10,12,18-19H,11H2,1-4H3. The molecule has 1 atom stereocenters. The van der Waals surface area contributed by atoms with Gasteiger partial charge in [-0.25, -0.2) is 0 Å². The third kappa shape index (κ3) is 3.27. The van der Waals surface area contributed by atoms with E-state index in [0.29, 0.717) is 5.75 Å². The van der Waals surface area contributed by atoms with Crippen LogP contribution in [0.25, 0.3) is 10.8 Å². The largest absolute Gasteiger partial charge is 0.507 e. The fraction of sp³-hybridized carbons (Fsp3) is 0.412. The highest BCUT2D eigenvalue weighted by molar-refractivity contribution is 5.89. The molecule has 2 heteroatoms. The summed E-state index contributed by atoms with van der Waals surface area (Å²) in [5.41, 5.74) is 1.20. The molecule has 0 aliphatic heterocycles. The van der Waals surface area contributed by atoms with E-state index in [0.717, 1.165) is 22.9 Å².